The number of hydrogen-bond acceptors (Lipinski definition) is 5. The van der Waals surface area contributed by atoms with Crippen molar-refractivity contribution in [1.29, 1.82) is 0 Å². The first-order chi connectivity index (χ1) is 8.84. The maximum atomic E-state index is 10.8. The molecule has 0 aliphatic heterocycles. The van der Waals surface area contributed by atoms with E-state index >= 15 is 0 Å². The van der Waals surface area contributed by atoms with Gasteiger partial charge in [0.25, 0.3) is 0 Å². The van der Waals surface area contributed by atoms with Crippen molar-refractivity contribution in [2.75, 3.05) is 5.43 Å². The summed E-state index contributed by atoms with van der Waals surface area (Å²) in [5, 5.41) is 9.63. The molecule has 0 fully saturated rings. The van der Waals surface area contributed by atoms with E-state index in [1.165, 1.54) is 6.20 Å². The molecule has 90 valence electrons. The van der Waals surface area contributed by atoms with Gasteiger partial charge in [0.05, 0.1) is 6.20 Å². The van der Waals surface area contributed by atoms with Gasteiger partial charge in [-0.25, -0.2) is 9.89 Å². The minimum atomic E-state index is -0.518. The SMILES string of the molecule is O=c1nc(N/N=C/C=C/c2ccccc2)cn[nH]1. The third kappa shape index (κ3) is 3.67. The van der Waals surface area contributed by atoms with Crippen LogP contribution in [0.5, 0.6) is 0 Å². The Balaban J connectivity index is 1.89. The van der Waals surface area contributed by atoms with Crippen molar-refractivity contribution in [2.45, 2.75) is 0 Å². The molecule has 0 bridgehead atoms. The molecule has 0 atom stereocenters. The number of aromatic nitrogens is 3. The van der Waals surface area contributed by atoms with Crippen LogP contribution < -0.4 is 11.1 Å². The zero-order chi connectivity index (χ0) is 12.6. The van der Waals surface area contributed by atoms with Crippen molar-refractivity contribution in [2.24, 2.45) is 5.10 Å². The van der Waals surface area contributed by atoms with Crippen molar-refractivity contribution in [3.8, 4) is 0 Å². The largest absolute Gasteiger partial charge is 0.363 e. The van der Waals surface area contributed by atoms with E-state index in [1.54, 1.807) is 12.3 Å². The highest BCUT2D eigenvalue weighted by molar-refractivity contribution is 5.78. The highest BCUT2D eigenvalue weighted by Gasteiger charge is 1.90. The fourth-order valence-corrected chi connectivity index (χ4v) is 1.23. The van der Waals surface area contributed by atoms with Crippen molar-refractivity contribution in [3.63, 3.8) is 0 Å². The van der Waals surface area contributed by atoms with Crippen LogP contribution in [0, 0.1) is 0 Å². The highest BCUT2D eigenvalue weighted by Crippen LogP contribution is 1.99. The van der Waals surface area contributed by atoms with E-state index in [-0.39, 0.29) is 0 Å². The standard InChI is InChI=1S/C12H11N5O/c18-12-15-11(9-14-17-12)16-13-8-4-7-10-5-2-1-3-6-10/h1-9H,(H2,15,16,17,18)/b7-4+,13-8+. The maximum absolute atomic E-state index is 10.8. The van der Waals surface area contributed by atoms with Gasteiger partial charge in [0.15, 0.2) is 5.82 Å². The molecule has 0 aliphatic carbocycles. The molecule has 2 N–H and O–H groups in total. The van der Waals surface area contributed by atoms with Crippen LogP contribution in [-0.4, -0.2) is 21.4 Å². The van der Waals surface area contributed by atoms with Gasteiger partial charge in [0.1, 0.15) is 0 Å². The fraction of sp³-hybridized carbons (Fsp3) is 0. The van der Waals surface area contributed by atoms with Crippen LogP contribution in [0.15, 0.2) is 52.5 Å². The Morgan fingerprint density at radius 1 is 1.28 bits per heavy atom. The van der Waals surface area contributed by atoms with Crippen LogP contribution in [0.3, 0.4) is 0 Å². The Morgan fingerprint density at radius 2 is 2.11 bits per heavy atom. The van der Waals surface area contributed by atoms with E-state index in [0.717, 1.165) is 5.56 Å². The molecule has 0 saturated carbocycles. The minimum absolute atomic E-state index is 0.295. The predicted molar refractivity (Wildman–Crippen MR) is 70.2 cm³/mol. The number of hydrazone groups is 1. The summed E-state index contributed by atoms with van der Waals surface area (Å²) in [6.45, 7) is 0. The smallest absolute Gasteiger partial charge is 0.260 e. The summed E-state index contributed by atoms with van der Waals surface area (Å²) in [6.07, 6.45) is 6.63. The monoisotopic (exact) mass is 241 g/mol. The normalized spacial score (nSPS) is 11.1. The van der Waals surface area contributed by atoms with Gasteiger partial charge in [0, 0.05) is 6.21 Å². The van der Waals surface area contributed by atoms with Crippen LogP contribution in [0.4, 0.5) is 5.82 Å². The van der Waals surface area contributed by atoms with Crippen LogP contribution in [-0.2, 0) is 0 Å². The van der Waals surface area contributed by atoms with Gasteiger partial charge in [-0.2, -0.15) is 15.2 Å². The lowest BCUT2D eigenvalue weighted by molar-refractivity contribution is 0.913. The van der Waals surface area contributed by atoms with Gasteiger partial charge < -0.3 is 0 Å². The van der Waals surface area contributed by atoms with Gasteiger partial charge in [-0.05, 0) is 11.6 Å². The Labute approximate surface area is 103 Å². The number of aromatic amines is 1. The number of nitrogens with zero attached hydrogens (tertiary/aromatic N) is 3. The maximum Gasteiger partial charge on any atom is 0.363 e. The fourth-order valence-electron chi connectivity index (χ4n) is 1.23. The number of H-pyrrole nitrogens is 1. The molecule has 1 aromatic carbocycles. The Morgan fingerprint density at radius 3 is 2.89 bits per heavy atom. The summed E-state index contributed by atoms with van der Waals surface area (Å²) in [5.41, 5.74) is 3.16. The topological polar surface area (TPSA) is 83.0 Å². The molecular formula is C12H11N5O. The Kier molecular flexibility index (Phi) is 3.97. The first kappa shape index (κ1) is 11.7. The summed E-state index contributed by atoms with van der Waals surface area (Å²) in [7, 11) is 0. The van der Waals surface area contributed by atoms with E-state index in [1.807, 2.05) is 36.4 Å². The second kappa shape index (κ2) is 6.09. The Hall–Kier alpha value is -2.76. The van der Waals surface area contributed by atoms with Gasteiger partial charge in [-0.15, -0.1) is 0 Å². The molecule has 0 saturated heterocycles. The van der Waals surface area contributed by atoms with Gasteiger partial charge in [-0.1, -0.05) is 36.4 Å². The van der Waals surface area contributed by atoms with Crippen LogP contribution in [0.1, 0.15) is 5.56 Å². The lowest BCUT2D eigenvalue weighted by atomic mass is 10.2. The van der Waals surface area contributed by atoms with E-state index in [9.17, 15) is 4.79 Å². The van der Waals surface area contributed by atoms with Crippen molar-refractivity contribution < 1.29 is 0 Å². The number of rotatable bonds is 4. The zero-order valence-corrected chi connectivity index (χ0v) is 9.45. The number of benzene rings is 1. The first-order valence-corrected chi connectivity index (χ1v) is 5.27. The molecule has 1 aromatic heterocycles. The number of allylic oxidation sites excluding steroid dienone is 1. The van der Waals surface area contributed by atoms with Gasteiger partial charge >= 0.3 is 5.69 Å². The van der Waals surface area contributed by atoms with E-state index in [4.69, 9.17) is 0 Å². The zero-order valence-electron chi connectivity index (χ0n) is 9.45. The molecule has 0 aliphatic rings. The average molecular weight is 241 g/mol. The van der Waals surface area contributed by atoms with Gasteiger partial charge in [0.2, 0.25) is 0 Å². The molecule has 0 radical (unpaired) electrons. The van der Waals surface area contributed by atoms with E-state index in [2.05, 4.69) is 25.7 Å². The molecule has 6 nitrogen and oxygen atoms in total. The molecule has 0 amide bonds. The number of anilines is 1. The highest BCUT2D eigenvalue weighted by atomic mass is 16.1. The molecular weight excluding hydrogens is 230 g/mol. The van der Waals surface area contributed by atoms with Crippen LogP contribution in [0.25, 0.3) is 6.08 Å². The molecule has 18 heavy (non-hydrogen) atoms. The van der Waals surface area contributed by atoms with Crippen molar-refractivity contribution >= 4 is 18.1 Å². The number of nitrogens with one attached hydrogen (secondary N) is 2. The van der Waals surface area contributed by atoms with E-state index < -0.39 is 5.69 Å². The van der Waals surface area contributed by atoms with Crippen LogP contribution >= 0.6 is 0 Å². The molecule has 1 heterocycles. The number of hydrogen-bond donors (Lipinski definition) is 2. The van der Waals surface area contributed by atoms with Gasteiger partial charge in [-0.3, -0.25) is 5.43 Å². The molecule has 2 rings (SSSR count). The second-order valence-corrected chi connectivity index (χ2v) is 3.33. The lowest BCUT2D eigenvalue weighted by Crippen LogP contribution is -2.12. The van der Waals surface area contributed by atoms with Crippen molar-refractivity contribution in [3.05, 3.63) is 58.7 Å². The summed E-state index contributed by atoms with van der Waals surface area (Å²) < 4.78 is 0. The minimum Gasteiger partial charge on any atom is -0.260 e. The first-order valence-electron chi connectivity index (χ1n) is 5.27. The molecule has 0 spiro atoms. The molecule has 2 aromatic rings. The lowest BCUT2D eigenvalue weighted by Gasteiger charge is -1.94. The molecule has 6 heteroatoms. The van der Waals surface area contributed by atoms with Crippen LogP contribution in [0.2, 0.25) is 0 Å². The summed E-state index contributed by atoms with van der Waals surface area (Å²) >= 11 is 0. The molecule has 0 unspecified atom stereocenters. The summed E-state index contributed by atoms with van der Waals surface area (Å²) in [4.78, 5) is 14.4. The predicted octanol–water partition coefficient (Wildman–Crippen LogP) is 1.28. The second-order valence-electron chi connectivity index (χ2n) is 3.33. The third-order valence-electron chi connectivity index (χ3n) is 2.00. The summed E-state index contributed by atoms with van der Waals surface area (Å²) in [5.74, 6) is 0.295. The van der Waals surface area contributed by atoms with E-state index in [0.29, 0.717) is 5.82 Å². The average Bonchev–Trinajstić information content (AvgIpc) is 2.40. The Bertz CT molecular complexity index is 603. The summed E-state index contributed by atoms with van der Waals surface area (Å²) in [6, 6.07) is 9.85. The third-order valence-corrected chi connectivity index (χ3v) is 2.00. The van der Waals surface area contributed by atoms with Crippen molar-refractivity contribution in [1.82, 2.24) is 15.2 Å². The quantitative estimate of drug-likeness (QED) is 0.624.